The number of likely N-dealkylation sites (tertiary alicyclic amines) is 1. The molecule has 6 nitrogen and oxygen atoms in total. The molecule has 1 fully saturated rings. The number of pyridine rings is 2. The van der Waals surface area contributed by atoms with Crippen LogP contribution in [0, 0.1) is 0 Å². The Hall–Kier alpha value is -3.22. The minimum atomic E-state index is 0.212. The Labute approximate surface area is 187 Å². The molecule has 4 aromatic rings. The lowest BCUT2D eigenvalue weighted by Gasteiger charge is -2.26. The Morgan fingerprint density at radius 1 is 0.750 bits per heavy atom. The molecule has 3 heterocycles. The highest BCUT2D eigenvalue weighted by molar-refractivity contribution is 5.88. The molecule has 0 spiro atoms. The third-order valence-electron chi connectivity index (χ3n) is 6.40. The van der Waals surface area contributed by atoms with E-state index in [2.05, 4.69) is 19.8 Å². The molecule has 6 heteroatoms. The molecule has 2 N–H and O–H groups in total. The molecule has 1 saturated heterocycles. The molecule has 2 aromatic heterocycles. The molecular weight excluding hydrogens is 400 g/mol. The lowest BCUT2D eigenvalue weighted by molar-refractivity contribution is 0.213. The first kappa shape index (κ1) is 20.7. The second kappa shape index (κ2) is 9.10. The summed E-state index contributed by atoms with van der Waals surface area (Å²) in [5, 5.41) is 22.5. The number of nitrogens with zero attached hydrogens (tertiary/aromatic N) is 4. The zero-order chi connectivity index (χ0) is 21.9. The van der Waals surface area contributed by atoms with E-state index in [4.69, 9.17) is 0 Å². The molecule has 0 aliphatic carbocycles. The van der Waals surface area contributed by atoms with Crippen molar-refractivity contribution in [1.82, 2.24) is 19.8 Å². The van der Waals surface area contributed by atoms with Gasteiger partial charge in [0, 0.05) is 49.3 Å². The molecule has 0 radical (unpaired) electrons. The predicted octanol–water partition coefficient (Wildman–Crippen LogP) is 4.29. The van der Waals surface area contributed by atoms with Crippen LogP contribution in [0.1, 0.15) is 24.0 Å². The van der Waals surface area contributed by atoms with Crippen molar-refractivity contribution < 1.29 is 10.2 Å². The van der Waals surface area contributed by atoms with Gasteiger partial charge in [-0.2, -0.15) is 0 Å². The Balaban J connectivity index is 1.46. The molecule has 0 atom stereocenters. The smallest absolute Gasteiger partial charge is 0.141 e. The van der Waals surface area contributed by atoms with E-state index in [0.717, 1.165) is 48.1 Å². The molecule has 0 saturated carbocycles. The number of aromatic hydroxyl groups is 2. The van der Waals surface area contributed by atoms with Gasteiger partial charge in [-0.3, -0.25) is 14.9 Å². The minimum Gasteiger partial charge on any atom is -0.506 e. The van der Waals surface area contributed by atoms with Crippen molar-refractivity contribution in [3.63, 3.8) is 0 Å². The fraction of sp³-hybridized carbons (Fsp3) is 0.308. The van der Waals surface area contributed by atoms with Gasteiger partial charge in [0.05, 0.1) is 0 Å². The highest BCUT2D eigenvalue weighted by atomic mass is 16.3. The van der Waals surface area contributed by atoms with Crippen LogP contribution in [0.4, 0.5) is 0 Å². The quantitative estimate of drug-likeness (QED) is 0.457. The summed E-state index contributed by atoms with van der Waals surface area (Å²) in [6.45, 7) is 5.81. The van der Waals surface area contributed by atoms with Crippen molar-refractivity contribution in [3.8, 4) is 11.5 Å². The van der Waals surface area contributed by atoms with E-state index in [1.165, 1.54) is 25.9 Å². The van der Waals surface area contributed by atoms with Gasteiger partial charge in [-0.1, -0.05) is 24.3 Å². The molecular formula is C26H28N4O2. The van der Waals surface area contributed by atoms with Crippen LogP contribution in [0.5, 0.6) is 11.5 Å². The van der Waals surface area contributed by atoms with Crippen molar-refractivity contribution in [2.24, 2.45) is 0 Å². The van der Waals surface area contributed by atoms with Crippen molar-refractivity contribution >= 4 is 21.8 Å². The van der Waals surface area contributed by atoms with Gasteiger partial charge in [0.25, 0.3) is 0 Å². The molecule has 164 valence electrons. The van der Waals surface area contributed by atoms with Gasteiger partial charge in [-0.15, -0.1) is 0 Å². The zero-order valence-electron chi connectivity index (χ0n) is 18.1. The van der Waals surface area contributed by atoms with Crippen molar-refractivity contribution in [3.05, 3.63) is 72.1 Å². The minimum absolute atomic E-state index is 0.212. The molecule has 0 unspecified atom stereocenters. The number of phenols is 2. The summed E-state index contributed by atoms with van der Waals surface area (Å²) in [6.07, 6.45) is 5.99. The van der Waals surface area contributed by atoms with Crippen LogP contribution in [0.25, 0.3) is 21.8 Å². The second-order valence-corrected chi connectivity index (χ2v) is 8.55. The summed E-state index contributed by atoms with van der Waals surface area (Å²) in [6, 6.07) is 15.4. The highest BCUT2D eigenvalue weighted by Gasteiger charge is 2.17. The number of fused-ring (bicyclic) bond motifs is 2. The number of hydrogen-bond donors (Lipinski definition) is 2. The average molecular weight is 429 g/mol. The van der Waals surface area contributed by atoms with E-state index in [1.807, 2.05) is 36.4 Å². The largest absolute Gasteiger partial charge is 0.506 e. The summed E-state index contributed by atoms with van der Waals surface area (Å²) in [5.41, 5.74) is 3.58. The standard InChI is InChI=1S/C26H28N4O2/c31-23-9-7-19(21-5-3-11-27-25(21)23)17-30(16-15-29-13-1-2-14-29)18-20-8-10-24(32)26-22(20)6-4-12-28-26/h3-12,31-32H,1-2,13-18H2. The second-order valence-electron chi connectivity index (χ2n) is 8.55. The van der Waals surface area contributed by atoms with E-state index >= 15 is 0 Å². The van der Waals surface area contributed by atoms with E-state index in [9.17, 15) is 10.2 Å². The third-order valence-corrected chi connectivity index (χ3v) is 6.40. The first-order chi connectivity index (χ1) is 15.7. The van der Waals surface area contributed by atoms with Gasteiger partial charge in [0.15, 0.2) is 0 Å². The van der Waals surface area contributed by atoms with Crippen molar-refractivity contribution in [2.45, 2.75) is 25.9 Å². The van der Waals surface area contributed by atoms with Crippen LogP contribution >= 0.6 is 0 Å². The van der Waals surface area contributed by atoms with E-state index < -0.39 is 0 Å². The molecule has 2 aromatic carbocycles. The molecule has 5 rings (SSSR count). The number of hydrogen-bond acceptors (Lipinski definition) is 6. The maximum atomic E-state index is 10.2. The van der Waals surface area contributed by atoms with Crippen LogP contribution in [0.3, 0.4) is 0 Å². The summed E-state index contributed by atoms with van der Waals surface area (Å²) < 4.78 is 0. The van der Waals surface area contributed by atoms with Crippen LogP contribution in [0.2, 0.25) is 0 Å². The number of aromatic nitrogens is 2. The molecule has 32 heavy (non-hydrogen) atoms. The number of phenolic OH excluding ortho intramolecular Hbond substituents is 2. The number of rotatable bonds is 7. The van der Waals surface area contributed by atoms with Gasteiger partial charge >= 0.3 is 0 Å². The molecule has 1 aliphatic rings. The summed E-state index contributed by atoms with van der Waals surface area (Å²) in [4.78, 5) is 13.7. The normalized spacial score (nSPS) is 14.7. The predicted molar refractivity (Wildman–Crippen MR) is 127 cm³/mol. The fourth-order valence-corrected chi connectivity index (χ4v) is 4.69. The third kappa shape index (κ3) is 4.24. The number of benzene rings is 2. The molecule has 1 aliphatic heterocycles. The summed E-state index contributed by atoms with van der Waals surface area (Å²) >= 11 is 0. The lowest BCUT2D eigenvalue weighted by atomic mass is 10.0. The Morgan fingerprint density at radius 3 is 1.81 bits per heavy atom. The summed E-state index contributed by atoms with van der Waals surface area (Å²) in [5.74, 6) is 0.423. The Bertz CT molecular complexity index is 1150. The van der Waals surface area contributed by atoms with Crippen molar-refractivity contribution in [2.75, 3.05) is 26.2 Å². The lowest BCUT2D eigenvalue weighted by Crippen LogP contribution is -2.33. The topological polar surface area (TPSA) is 72.7 Å². The molecule has 0 amide bonds. The highest BCUT2D eigenvalue weighted by Crippen LogP contribution is 2.29. The van der Waals surface area contributed by atoms with Gasteiger partial charge in [-0.25, -0.2) is 0 Å². The van der Waals surface area contributed by atoms with Gasteiger partial charge < -0.3 is 15.1 Å². The maximum absolute atomic E-state index is 10.2. The van der Waals surface area contributed by atoms with Crippen LogP contribution in [0.15, 0.2) is 60.9 Å². The fourth-order valence-electron chi connectivity index (χ4n) is 4.69. The first-order valence-electron chi connectivity index (χ1n) is 11.2. The van der Waals surface area contributed by atoms with Crippen LogP contribution in [-0.4, -0.2) is 56.2 Å². The molecule has 0 bridgehead atoms. The average Bonchev–Trinajstić information content (AvgIpc) is 3.35. The van der Waals surface area contributed by atoms with Gasteiger partial charge in [0.1, 0.15) is 22.5 Å². The SMILES string of the molecule is Oc1ccc(CN(CCN2CCCC2)Cc2ccc(O)c3ncccc23)c2cccnc12. The van der Waals surface area contributed by atoms with Crippen LogP contribution in [-0.2, 0) is 13.1 Å². The monoisotopic (exact) mass is 428 g/mol. The zero-order valence-corrected chi connectivity index (χ0v) is 18.1. The Kier molecular flexibility index (Phi) is 5.88. The maximum Gasteiger partial charge on any atom is 0.141 e. The first-order valence-corrected chi connectivity index (χ1v) is 11.2. The summed E-state index contributed by atoms with van der Waals surface area (Å²) in [7, 11) is 0. The van der Waals surface area contributed by atoms with Crippen LogP contribution < -0.4 is 0 Å². The van der Waals surface area contributed by atoms with E-state index in [1.54, 1.807) is 24.5 Å². The van der Waals surface area contributed by atoms with E-state index in [0.29, 0.717) is 11.0 Å². The Morgan fingerprint density at radius 2 is 1.28 bits per heavy atom. The van der Waals surface area contributed by atoms with Crippen molar-refractivity contribution in [1.29, 1.82) is 0 Å². The van der Waals surface area contributed by atoms with E-state index in [-0.39, 0.29) is 11.5 Å². The van der Waals surface area contributed by atoms with Gasteiger partial charge in [-0.05, 0) is 61.3 Å². The van der Waals surface area contributed by atoms with Gasteiger partial charge in [0.2, 0.25) is 0 Å².